The van der Waals surface area contributed by atoms with Crippen LogP contribution in [0.5, 0.6) is 0 Å². The molecule has 0 radical (unpaired) electrons. The monoisotopic (exact) mass is 423 g/mol. The molecule has 0 aromatic heterocycles. The zero-order valence-electron chi connectivity index (χ0n) is 18.8. The van der Waals surface area contributed by atoms with Gasteiger partial charge in [0.05, 0.1) is 18.0 Å². The third-order valence-electron chi connectivity index (χ3n) is 5.72. The molecule has 0 heterocycles. The largest absolute Gasteiger partial charge is 0.357 e. The SMILES string of the molecule is CCNC(=NCC1(C(=O)N(C)C)CCCC1)NCC(c1c(F)cccc1F)N(C)C. The lowest BCUT2D eigenvalue weighted by molar-refractivity contribution is -0.138. The summed E-state index contributed by atoms with van der Waals surface area (Å²) < 4.78 is 28.6. The Kier molecular flexibility index (Phi) is 8.58. The van der Waals surface area contributed by atoms with Gasteiger partial charge < -0.3 is 20.4 Å². The highest BCUT2D eigenvalue weighted by Crippen LogP contribution is 2.39. The van der Waals surface area contributed by atoms with Gasteiger partial charge in [-0.2, -0.15) is 0 Å². The lowest BCUT2D eigenvalue weighted by Gasteiger charge is -2.30. The third kappa shape index (κ3) is 5.68. The Morgan fingerprint density at radius 1 is 1.13 bits per heavy atom. The molecular weight excluding hydrogens is 388 g/mol. The fourth-order valence-corrected chi connectivity index (χ4v) is 4.10. The molecule has 1 fully saturated rings. The number of benzene rings is 1. The summed E-state index contributed by atoms with van der Waals surface area (Å²) in [6.07, 6.45) is 3.70. The molecule has 1 aliphatic carbocycles. The predicted octanol–water partition coefficient (Wildman–Crippen LogP) is 2.77. The highest BCUT2D eigenvalue weighted by molar-refractivity contribution is 5.84. The first-order valence-electron chi connectivity index (χ1n) is 10.6. The maximum atomic E-state index is 14.3. The van der Waals surface area contributed by atoms with Crippen molar-refractivity contribution in [2.24, 2.45) is 10.4 Å². The molecule has 2 rings (SSSR count). The van der Waals surface area contributed by atoms with Gasteiger partial charge in [0.15, 0.2) is 5.96 Å². The van der Waals surface area contributed by atoms with Crippen LogP contribution in [0.2, 0.25) is 0 Å². The van der Waals surface area contributed by atoms with Crippen molar-refractivity contribution in [1.82, 2.24) is 20.4 Å². The molecular formula is C22H35F2N5O. The average Bonchev–Trinajstić information content (AvgIpc) is 3.17. The topological polar surface area (TPSA) is 60.0 Å². The number of nitrogens with one attached hydrogen (secondary N) is 2. The molecule has 30 heavy (non-hydrogen) atoms. The molecule has 0 spiro atoms. The van der Waals surface area contributed by atoms with Crippen LogP contribution in [0.3, 0.4) is 0 Å². The van der Waals surface area contributed by atoms with E-state index >= 15 is 0 Å². The molecule has 0 saturated heterocycles. The summed E-state index contributed by atoms with van der Waals surface area (Å²) in [5.41, 5.74) is -0.439. The Bertz CT molecular complexity index is 725. The summed E-state index contributed by atoms with van der Waals surface area (Å²) in [7, 11) is 7.12. The molecule has 1 aromatic carbocycles. The number of rotatable bonds is 8. The molecule has 1 saturated carbocycles. The van der Waals surface area contributed by atoms with Crippen LogP contribution in [0.25, 0.3) is 0 Å². The standard InChI is InChI=1S/C22H35F2N5O/c1-6-25-21(27-15-22(12-7-8-13-22)20(30)29(4)5)26-14-18(28(2)3)19-16(23)10-9-11-17(19)24/h9-11,18H,6-8,12-15H2,1-5H3,(H2,25,26,27). The summed E-state index contributed by atoms with van der Waals surface area (Å²) in [4.78, 5) is 20.9. The molecule has 2 N–H and O–H groups in total. The Hall–Kier alpha value is -2.22. The van der Waals surface area contributed by atoms with Crippen LogP contribution < -0.4 is 10.6 Å². The van der Waals surface area contributed by atoms with Crippen LogP contribution in [-0.4, -0.2) is 69.5 Å². The zero-order valence-corrected chi connectivity index (χ0v) is 18.8. The Labute approximate surface area is 178 Å². The van der Waals surface area contributed by atoms with E-state index in [1.54, 1.807) is 38.0 Å². The van der Waals surface area contributed by atoms with Crippen LogP contribution in [0, 0.1) is 17.0 Å². The highest BCUT2D eigenvalue weighted by atomic mass is 19.1. The zero-order chi connectivity index (χ0) is 22.3. The van der Waals surface area contributed by atoms with E-state index in [0.717, 1.165) is 25.7 Å². The van der Waals surface area contributed by atoms with Gasteiger partial charge in [0, 0.05) is 32.7 Å². The minimum absolute atomic E-state index is 0.0286. The van der Waals surface area contributed by atoms with Gasteiger partial charge in [-0.25, -0.2) is 8.78 Å². The molecule has 6 nitrogen and oxygen atoms in total. The fourth-order valence-electron chi connectivity index (χ4n) is 4.10. The molecule has 1 atom stereocenters. The third-order valence-corrected chi connectivity index (χ3v) is 5.72. The van der Waals surface area contributed by atoms with Gasteiger partial charge in [0.1, 0.15) is 11.6 Å². The Balaban J connectivity index is 2.18. The van der Waals surface area contributed by atoms with E-state index in [9.17, 15) is 13.6 Å². The quantitative estimate of drug-likeness (QED) is 0.499. The van der Waals surface area contributed by atoms with E-state index in [-0.39, 0.29) is 18.0 Å². The van der Waals surface area contributed by atoms with Gasteiger partial charge >= 0.3 is 0 Å². The van der Waals surface area contributed by atoms with E-state index in [1.807, 2.05) is 6.92 Å². The smallest absolute Gasteiger partial charge is 0.230 e. The van der Waals surface area contributed by atoms with E-state index in [2.05, 4.69) is 15.6 Å². The first-order chi connectivity index (χ1) is 14.2. The van der Waals surface area contributed by atoms with Crippen molar-refractivity contribution in [1.29, 1.82) is 0 Å². The molecule has 0 aliphatic heterocycles. The van der Waals surface area contributed by atoms with Crippen molar-refractivity contribution >= 4 is 11.9 Å². The second-order valence-electron chi connectivity index (χ2n) is 8.38. The van der Waals surface area contributed by atoms with Gasteiger partial charge in [-0.15, -0.1) is 0 Å². The summed E-state index contributed by atoms with van der Waals surface area (Å²) in [6, 6.07) is 3.39. The van der Waals surface area contributed by atoms with Crippen molar-refractivity contribution < 1.29 is 13.6 Å². The van der Waals surface area contributed by atoms with Crippen LogP contribution in [0.15, 0.2) is 23.2 Å². The van der Waals surface area contributed by atoms with Crippen molar-refractivity contribution in [2.45, 2.75) is 38.6 Å². The van der Waals surface area contributed by atoms with Crippen molar-refractivity contribution in [3.8, 4) is 0 Å². The van der Waals surface area contributed by atoms with Crippen molar-refractivity contribution in [2.75, 3.05) is 47.8 Å². The van der Waals surface area contributed by atoms with E-state index < -0.39 is 23.1 Å². The number of hydrogen-bond donors (Lipinski definition) is 2. The van der Waals surface area contributed by atoms with E-state index in [1.165, 1.54) is 18.2 Å². The average molecular weight is 424 g/mol. The van der Waals surface area contributed by atoms with Crippen LogP contribution in [0.4, 0.5) is 8.78 Å². The summed E-state index contributed by atoms with van der Waals surface area (Å²) >= 11 is 0. The summed E-state index contributed by atoms with van der Waals surface area (Å²) in [6.45, 7) is 3.25. The number of aliphatic imine (C=N–C) groups is 1. The lowest BCUT2D eigenvalue weighted by Crippen LogP contribution is -2.44. The second kappa shape index (κ2) is 10.7. The minimum atomic E-state index is -0.570. The highest BCUT2D eigenvalue weighted by Gasteiger charge is 2.42. The summed E-state index contributed by atoms with van der Waals surface area (Å²) in [5.74, 6) is -0.490. The molecule has 1 amide bonds. The second-order valence-corrected chi connectivity index (χ2v) is 8.38. The summed E-state index contributed by atoms with van der Waals surface area (Å²) in [5, 5.41) is 6.38. The van der Waals surface area contributed by atoms with E-state index in [4.69, 9.17) is 0 Å². The Morgan fingerprint density at radius 3 is 2.23 bits per heavy atom. The van der Waals surface area contributed by atoms with Gasteiger partial charge in [-0.1, -0.05) is 18.9 Å². The number of hydrogen-bond acceptors (Lipinski definition) is 3. The van der Waals surface area contributed by atoms with Crippen molar-refractivity contribution in [3.05, 3.63) is 35.4 Å². The van der Waals surface area contributed by atoms with Gasteiger partial charge in [-0.3, -0.25) is 9.79 Å². The maximum Gasteiger partial charge on any atom is 0.230 e. The molecule has 0 bridgehead atoms. The Morgan fingerprint density at radius 2 is 1.73 bits per heavy atom. The molecule has 1 aliphatic rings. The van der Waals surface area contributed by atoms with Gasteiger partial charge in [-0.05, 0) is 46.0 Å². The van der Waals surface area contributed by atoms with Crippen molar-refractivity contribution in [3.63, 3.8) is 0 Å². The first-order valence-corrected chi connectivity index (χ1v) is 10.6. The number of likely N-dealkylation sites (N-methyl/N-ethyl adjacent to an activating group) is 1. The maximum absolute atomic E-state index is 14.3. The van der Waals surface area contributed by atoms with E-state index in [0.29, 0.717) is 19.0 Å². The molecule has 8 heteroatoms. The first kappa shape index (κ1) is 24.1. The number of carbonyl (C=O) groups excluding carboxylic acids is 1. The predicted molar refractivity (Wildman–Crippen MR) is 116 cm³/mol. The number of nitrogens with zero attached hydrogens (tertiary/aromatic N) is 3. The van der Waals surface area contributed by atoms with Crippen LogP contribution >= 0.6 is 0 Å². The lowest BCUT2D eigenvalue weighted by atomic mass is 9.85. The number of halogens is 2. The van der Waals surface area contributed by atoms with Crippen LogP contribution in [-0.2, 0) is 4.79 Å². The molecule has 1 aromatic rings. The number of carbonyl (C=O) groups is 1. The fraction of sp³-hybridized carbons (Fsp3) is 0.636. The van der Waals surface area contributed by atoms with Gasteiger partial charge in [0.2, 0.25) is 5.91 Å². The molecule has 168 valence electrons. The minimum Gasteiger partial charge on any atom is -0.357 e. The van der Waals surface area contributed by atoms with Crippen LogP contribution in [0.1, 0.15) is 44.2 Å². The normalized spacial score (nSPS) is 17.1. The number of amides is 1. The molecule has 1 unspecified atom stereocenters. The number of guanidine groups is 1. The van der Waals surface area contributed by atoms with Gasteiger partial charge in [0.25, 0.3) is 0 Å².